The minimum atomic E-state index is -0.428. The van der Waals surface area contributed by atoms with Crippen LogP contribution in [0.2, 0.25) is 5.02 Å². The molecule has 3 aromatic rings. The molecule has 1 amide bonds. The van der Waals surface area contributed by atoms with Crippen molar-refractivity contribution < 1.29 is 9.18 Å². The highest BCUT2D eigenvalue weighted by molar-refractivity contribution is 9.10. The molecule has 0 radical (unpaired) electrons. The van der Waals surface area contributed by atoms with Crippen molar-refractivity contribution in [2.45, 2.75) is 37.8 Å². The monoisotopic (exact) mass is 475 g/mol. The molecule has 0 aliphatic heterocycles. The van der Waals surface area contributed by atoms with Crippen molar-refractivity contribution in [1.82, 2.24) is 10.3 Å². The maximum absolute atomic E-state index is 13.5. The summed E-state index contributed by atoms with van der Waals surface area (Å²) >= 11 is 9.29. The van der Waals surface area contributed by atoms with E-state index in [0.717, 1.165) is 42.3 Å². The summed E-state index contributed by atoms with van der Waals surface area (Å²) in [4.78, 5) is 16.8. The quantitative estimate of drug-likeness (QED) is 0.490. The van der Waals surface area contributed by atoms with Crippen molar-refractivity contribution in [3.63, 3.8) is 0 Å². The van der Waals surface area contributed by atoms with E-state index in [9.17, 15) is 9.18 Å². The lowest BCUT2D eigenvalue weighted by Gasteiger charge is -2.30. The largest absolute Gasteiger partial charge is 0.382 e. The van der Waals surface area contributed by atoms with Crippen LogP contribution in [0.4, 0.5) is 10.1 Å². The van der Waals surface area contributed by atoms with E-state index in [1.807, 2.05) is 24.3 Å². The Morgan fingerprint density at radius 1 is 1.07 bits per heavy atom. The van der Waals surface area contributed by atoms with E-state index in [0.29, 0.717) is 21.1 Å². The van der Waals surface area contributed by atoms with E-state index < -0.39 is 5.82 Å². The molecule has 1 saturated carbocycles. The zero-order chi connectivity index (χ0) is 20.4. The van der Waals surface area contributed by atoms with E-state index in [4.69, 9.17) is 11.6 Å². The number of carbonyl (C=O) groups excluding carboxylic acids is 1. The van der Waals surface area contributed by atoms with Gasteiger partial charge in [0.2, 0.25) is 0 Å². The highest BCUT2D eigenvalue weighted by atomic mass is 79.9. The van der Waals surface area contributed by atoms with E-state index in [2.05, 4.69) is 31.5 Å². The van der Waals surface area contributed by atoms with Crippen LogP contribution in [0, 0.1) is 5.82 Å². The molecular weight excluding hydrogens is 457 g/mol. The van der Waals surface area contributed by atoms with Crippen molar-refractivity contribution in [1.29, 1.82) is 0 Å². The van der Waals surface area contributed by atoms with Crippen molar-refractivity contribution in [2.75, 3.05) is 5.32 Å². The van der Waals surface area contributed by atoms with Crippen LogP contribution >= 0.6 is 27.5 Å². The third kappa shape index (κ3) is 4.87. The number of benzene rings is 2. The van der Waals surface area contributed by atoms with Crippen LogP contribution in [0.3, 0.4) is 0 Å². The lowest BCUT2D eigenvalue weighted by atomic mass is 9.90. The molecule has 4 rings (SSSR count). The van der Waals surface area contributed by atoms with Crippen LogP contribution in [0.15, 0.2) is 53.1 Å². The van der Waals surface area contributed by atoms with Gasteiger partial charge in [0, 0.05) is 44.4 Å². The second-order valence-electron chi connectivity index (χ2n) is 7.34. The summed E-state index contributed by atoms with van der Waals surface area (Å²) in [6.45, 7) is 0. The van der Waals surface area contributed by atoms with Crippen LogP contribution in [-0.4, -0.2) is 23.0 Å². The first-order chi connectivity index (χ1) is 14.0. The molecule has 2 aromatic carbocycles. The third-order valence-electron chi connectivity index (χ3n) is 5.25. The summed E-state index contributed by atoms with van der Waals surface area (Å²) in [6, 6.07) is 12.3. The van der Waals surface area contributed by atoms with Crippen molar-refractivity contribution in [3.05, 3.63) is 69.5 Å². The molecule has 1 aliphatic carbocycles. The van der Waals surface area contributed by atoms with Gasteiger partial charge in [-0.1, -0.05) is 27.5 Å². The Hall–Kier alpha value is -2.18. The molecule has 1 aromatic heterocycles. The summed E-state index contributed by atoms with van der Waals surface area (Å²) in [5.41, 5.74) is 2.24. The number of nitrogens with one attached hydrogen (secondary N) is 2. The predicted molar refractivity (Wildman–Crippen MR) is 118 cm³/mol. The van der Waals surface area contributed by atoms with Gasteiger partial charge in [0.05, 0.1) is 5.52 Å². The zero-order valence-corrected chi connectivity index (χ0v) is 17.9. The van der Waals surface area contributed by atoms with Gasteiger partial charge < -0.3 is 10.6 Å². The molecule has 0 unspecified atom stereocenters. The fraction of sp³-hybridized carbons (Fsp3) is 0.273. The first-order valence-corrected chi connectivity index (χ1v) is 10.7. The number of carbonyl (C=O) groups is 1. The Kier molecular flexibility index (Phi) is 6.01. The van der Waals surface area contributed by atoms with Gasteiger partial charge in [-0.15, -0.1) is 0 Å². The van der Waals surface area contributed by atoms with Crippen LogP contribution in [0.5, 0.6) is 0 Å². The topological polar surface area (TPSA) is 54.0 Å². The number of anilines is 1. The number of pyridine rings is 1. The van der Waals surface area contributed by atoms with Gasteiger partial charge in [0.15, 0.2) is 0 Å². The standard InChI is InChI=1S/C22H20BrClFN3O/c23-14-9-13(10-16(25)11-14)22(29)28-18-4-2-17(3-5-18)27-20-7-8-26-21-12-15(24)1-6-19(20)21/h1,6-12,17-18H,2-5H2,(H,26,27)(H,28,29). The first kappa shape index (κ1) is 20.1. The van der Waals surface area contributed by atoms with E-state index in [1.54, 1.807) is 12.3 Å². The summed E-state index contributed by atoms with van der Waals surface area (Å²) < 4.78 is 14.1. The fourth-order valence-electron chi connectivity index (χ4n) is 3.80. The fourth-order valence-corrected chi connectivity index (χ4v) is 4.43. The highest BCUT2D eigenvalue weighted by Gasteiger charge is 2.23. The number of hydrogen-bond acceptors (Lipinski definition) is 3. The molecule has 0 saturated heterocycles. The van der Waals surface area contributed by atoms with E-state index >= 15 is 0 Å². The number of amides is 1. The summed E-state index contributed by atoms with van der Waals surface area (Å²) in [5, 5.41) is 8.36. The normalized spacial score (nSPS) is 19.1. The number of aromatic nitrogens is 1. The minimum Gasteiger partial charge on any atom is -0.382 e. The van der Waals surface area contributed by atoms with Gasteiger partial charge in [-0.05, 0) is 68.1 Å². The third-order valence-corrected chi connectivity index (χ3v) is 5.94. The maximum atomic E-state index is 13.5. The zero-order valence-electron chi connectivity index (χ0n) is 15.6. The van der Waals surface area contributed by atoms with Crippen LogP contribution in [0.25, 0.3) is 10.9 Å². The van der Waals surface area contributed by atoms with Gasteiger partial charge in [-0.25, -0.2) is 4.39 Å². The molecule has 1 fully saturated rings. The second kappa shape index (κ2) is 8.67. The van der Waals surface area contributed by atoms with Gasteiger partial charge in [-0.3, -0.25) is 9.78 Å². The average Bonchev–Trinajstić information content (AvgIpc) is 2.68. The van der Waals surface area contributed by atoms with Crippen LogP contribution < -0.4 is 10.6 Å². The summed E-state index contributed by atoms with van der Waals surface area (Å²) in [7, 11) is 0. The molecule has 29 heavy (non-hydrogen) atoms. The lowest BCUT2D eigenvalue weighted by molar-refractivity contribution is 0.0926. The average molecular weight is 477 g/mol. The molecule has 7 heteroatoms. The predicted octanol–water partition coefficient (Wildman–Crippen LogP) is 5.94. The Balaban J connectivity index is 1.36. The molecule has 1 aliphatic rings. The molecule has 0 spiro atoms. The smallest absolute Gasteiger partial charge is 0.251 e. The van der Waals surface area contributed by atoms with E-state index in [1.165, 1.54) is 12.1 Å². The lowest BCUT2D eigenvalue weighted by Crippen LogP contribution is -2.40. The number of fused-ring (bicyclic) bond motifs is 1. The van der Waals surface area contributed by atoms with Gasteiger partial charge >= 0.3 is 0 Å². The Morgan fingerprint density at radius 2 is 1.83 bits per heavy atom. The Morgan fingerprint density at radius 3 is 2.59 bits per heavy atom. The number of nitrogens with zero attached hydrogens (tertiary/aromatic N) is 1. The Labute approximate surface area is 182 Å². The highest BCUT2D eigenvalue weighted by Crippen LogP contribution is 2.28. The minimum absolute atomic E-state index is 0.0931. The second-order valence-corrected chi connectivity index (χ2v) is 8.70. The SMILES string of the molecule is O=C(NC1CCC(Nc2ccnc3cc(Cl)ccc23)CC1)c1cc(F)cc(Br)c1. The molecule has 0 atom stereocenters. The van der Waals surface area contributed by atoms with Crippen molar-refractivity contribution >= 4 is 50.0 Å². The van der Waals surface area contributed by atoms with Crippen molar-refractivity contribution in [2.24, 2.45) is 0 Å². The Bertz CT molecular complexity index is 1030. The molecular formula is C22H20BrClFN3O. The number of halogens is 3. The first-order valence-electron chi connectivity index (χ1n) is 9.56. The molecule has 0 bridgehead atoms. The van der Waals surface area contributed by atoms with Gasteiger partial charge in [0.1, 0.15) is 5.82 Å². The molecule has 150 valence electrons. The molecule has 4 nitrogen and oxygen atoms in total. The number of hydrogen-bond donors (Lipinski definition) is 2. The molecule has 2 N–H and O–H groups in total. The maximum Gasteiger partial charge on any atom is 0.251 e. The summed E-state index contributed by atoms with van der Waals surface area (Å²) in [6.07, 6.45) is 5.40. The van der Waals surface area contributed by atoms with Crippen LogP contribution in [0.1, 0.15) is 36.0 Å². The molecule has 1 heterocycles. The number of rotatable bonds is 4. The van der Waals surface area contributed by atoms with E-state index in [-0.39, 0.29) is 11.9 Å². The van der Waals surface area contributed by atoms with Gasteiger partial charge in [-0.2, -0.15) is 0 Å². The van der Waals surface area contributed by atoms with Gasteiger partial charge in [0.25, 0.3) is 5.91 Å². The van der Waals surface area contributed by atoms with Crippen LogP contribution in [-0.2, 0) is 0 Å². The summed E-state index contributed by atoms with van der Waals surface area (Å²) in [5.74, 6) is -0.665. The van der Waals surface area contributed by atoms with Crippen molar-refractivity contribution in [3.8, 4) is 0 Å².